The van der Waals surface area contributed by atoms with Crippen LogP contribution in [-0.4, -0.2) is 29.1 Å². The molecule has 7 nitrogen and oxygen atoms in total. The first kappa shape index (κ1) is 23.5. The Morgan fingerprint density at radius 2 is 1.64 bits per heavy atom. The van der Waals surface area contributed by atoms with Crippen molar-refractivity contribution in [3.63, 3.8) is 0 Å². The third kappa shape index (κ3) is 5.21. The Balaban J connectivity index is 1.34. The lowest BCUT2D eigenvalue weighted by Crippen LogP contribution is -2.44. The first-order chi connectivity index (χ1) is 17.6. The van der Waals surface area contributed by atoms with Crippen molar-refractivity contribution in [3.8, 4) is 16.9 Å². The van der Waals surface area contributed by atoms with Gasteiger partial charge in [0.2, 0.25) is 11.9 Å². The fourth-order valence-electron chi connectivity index (χ4n) is 4.49. The van der Waals surface area contributed by atoms with Gasteiger partial charge in [-0.25, -0.2) is 9.97 Å². The number of carbonyl (C=O) groups is 1. The minimum atomic E-state index is -0.685. The van der Waals surface area contributed by atoms with Crippen molar-refractivity contribution in [3.05, 3.63) is 102 Å². The maximum atomic E-state index is 13.7. The third-order valence-corrected chi connectivity index (χ3v) is 6.56. The first-order valence-corrected chi connectivity index (χ1v) is 12.0. The van der Waals surface area contributed by atoms with Crippen LogP contribution in [0.4, 0.5) is 11.6 Å². The summed E-state index contributed by atoms with van der Waals surface area (Å²) in [5.74, 6) is 0.894. The topological polar surface area (TPSA) is 99.4 Å². The molecule has 0 radical (unpaired) electrons. The summed E-state index contributed by atoms with van der Waals surface area (Å²) in [4.78, 5) is 21.9. The van der Waals surface area contributed by atoms with E-state index < -0.39 is 5.41 Å². The van der Waals surface area contributed by atoms with Crippen LogP contribution >= 0.6 is 0 Å². The van der Waals surface area contributed by atoms with Crippen molar-refractivity contribution in [1.29, 1.82) is 0 Å². The fourth-order valence-corrected chi connectivity index (χ4v) is 4.49. The van der Waals surface area contributed by atoms with Crippen molar-refractivity contribution in [1.82, 2.24) is 9.97 Å². The molecule has 3 N–H and O–H groups in total. The van der Waals surface area contributed by atoms with Gasteiger partial charge < -0.3 is 20.5 Å². The molecule has 182 valence electrons. The SMILES string of the molecule is Nc1ncc(-c2ccc(C3(C(=O)Nc4cccc(OCc5ccccc5)c4)CCOCC3)cc2)cn1. The van der Waals surface area contributed by atoms with E-state index >= 15 is 0 Å². The van der Waals surface area contributed by atoms with E-state index in [1.807, 2.05) is 78.9 Å². The molecule has 0 saturated carbocycles. The largest absolute Gasteiger partial charge is 0.489 e. The van der Waals surface area contributed by atoms with E-state index in [9.17, 15) is 4.79 Å². The Labute approximate surface area is 210 Å². The lowest BCUT2D eigenvalue weighted by Gasteiger charge is -2.36. The number of hydrogen-bond acceptors (Lipinski definition) is 6. The van der Waals surface area contributed by atoms with Gasteiger partial charge in [0.25, 0.3) is 0 Å². The molecular formula is C29H28N4O3. The molecule has 1 aromatic heterocycles. The Kier molecular flexibility index (Phi) is 6.91. The molecule has 1 saturated heterocycles. The molecule has 1 aliphatic heterocycles. The first-order valence-electron chi connectivity index (χ1n) is 12.0. The average molecular weight is 481 g/mol. The number of anilines is 2. The number of nitrogen functional groups attached to an aromatic ring is 1. The second-order valence-electron chi connectivity index (χ2n) is 8.86. The minimum Gasteiger partial charge on any atom is -0.489 e. The summed E-state index contributed by atoms with van der Waals surface area (Å²) in [6, 6.07) is 25.5. The number of nitrogens with zero attached hydrogens (tertiary/aromatic N) is 2. The fraction of sp³-hybridized carbons (Fsp3) is 0.207. The van der Waals surface area contributed by atoms with Crippen LogP contribution in [-0.2, 0) is 21.6 Å². The molecule has 2 heterocycles. The van der Waals surface area contributed by atoms with Gasteiger partial charge in [-0.3, -0.25) is 4.79 Å². The van der Waals surface area contributed by atoms with Crippen LogP contribution < -0.4 is 15.8 Å². The zero-order valence-electron chi connectivity index (χ0n) is 19.9. The van der Waals surface area contributed by atoms with E-state index in [0.29, 0.717) is 44.1 Å². The molecule has 1 amide bonds. The summed E-state index contributed by atoms with van der Waals surface area (Å²) < 4.78 is 11.6. The van der Waals surface area contributed by atoms with E-state index in [1.54, 1.807) is 12.4 Å². The van der Waals surface area contributed by atoms with Crippen molar-refractivity contribution < 1.29 is 14.3 Å². The second kappa shape index (κ2) is 10.6. The van der Waals surface area contributed by atoms with Gasteiger partial charge in [-0.1, -0.05) is 60.7 Å². The molecule has 0 atom stereocenters. The Morgan fingerprint density at radius 3 is 2.36 bits per heavy atom. The van der Waals surface area contributed by atoms with Gasteiger partial charge in [0, 0.05) is 42.9 Å². The van der Waals surface area contributed by atoms with E-state index in [4.69, 9.17) is 15.2 Å². The molecular weight excluding hydrogens is 452 g/mol. The second-order valence-corrected chi connectivity index (χ2v) is 8.86. The summed E-state index contributed by atoms with van der Waals surface area (Å²) >= 11 is 0. The minimum absolute atomic E-state index is 0.0467. The zero-order valence-corrected chi connectivity index (χ0v) is 19.9. The van der Waals surface area contributed by atoms with Crippen LogP contribution in [0, 0.1) is 0 Å². The highest BCUT2D eigenvalue weighted by molar-refractivity contribution is 5.99. The maximum Gasteiger partial charge on any atom is 0.235 e. The number of nitrogens with one attached hydrogen (secondary N) is 1. The van der Waals surface area contributed by atoms with Gasteiger partial charge in [0.1, 0.15) is 12.4 Å². The molecule has 7 heteroatoms. The predicted molar refractivity (Wildman–Crippen MR) is 139 cm³/mol. The van der Waals surface area contributed by atoms with Crippen LogP contribution in [0.1, 0.15) is 24.0 Å². The number of nitrogens with two attached hydrogens (primary N) is 1. The molecule has 3 aromatic carbocycles. The number of hydrogen-bond donors (Lipinski definition) is 2. The monoisotopic (exact) mass is 480 g/mol. The molecule has 36 heavy (non-hydrogen) atoms. The zero-order chi connectivity index (χ0) is 24.8. The van der Waals surface area contributed by atoms with E-state index in [0.717, 1.165) is 22.3 Å². The van der Waals surface area contributed by atoms with Gasteiger partial charge in [0.05, 0.1) is 5.41 Å². The molecule has 0 unspecified atom stereocenters. The normalized spacial score (nSPS) is 14.7. The van der Waals surface area contributed by atoms with Crippen molar-refractivity contribution >= 4 is 17.5 Å². The molecule has 0 spiro atoms. The van der Waals surface area contributed by atoms with Gasteiger partial charge in [0.15, 0.2) is 0 Å². The highest BCUT2D eigenvalue weighted by Crippen LogP contribution is 2.37. The highest BCUT2D eigenvalue weighted by atomic mass is 16.5. The summed E-state index contributed by atoms with van der Waals surface area (Å²) in [7, 11) is 0. The van der Waals surface area contributed by atoms with Crippen LogP contribution in [0.15, 0.2) is 91.3 Å². The summed E-state index contributed by atoms with van der Waals surface area (Å²) in [5.41, 5.74) is 9.50. The summed E-state index contributed by atoms with van der Waals surface area (Å²) in [6.45, 7) is 1.52. The van der Waals surface area contributed by atoms with Crippen LogP contribution in [0.5, 0.6) is 5.75 Å². The lowest BCUT2D eigenvalue weighted by molar-refractivity contribution is -0.125. The molecule has 1 fully saturated rings. The maximum absolute atomic E-state index is 13.7. The van der Waals surface area contributed by atoms with Gasteiger partial charge in [-0.2, -0.15) is 0 Å². The Hall–Kier alpha value is -4.23. The van der Waals surface area contributed by atoms with Crippen LogP contribution in [0.25, 0.3) is 11.1 Å². The molecule has 4 aromatic rings. The van der Waals surface area contributed by atoms with Crippen molar-refractivity contribution in [2.45, 2.75) is 24.9 Å². The summed E-state index contributed by atoms with van der Waals surface area (Å²) in [6.07, 6.45) is 4.60. The van der Waals surface area contributed by atoms with E-state index in [2.05, 4.69) is 15.3 Å². The average Bonchev–Trinajstić information content (AvgIpc) is 2.93. The van der Waals surface area contributed by atoms with Crippen molar-refractivity contribution in [2.75, 3.05) is 24.3 Å². The quantitative estimate of drug-likeness (QED) is 0.387. The van der Waals surface area contributed by atoms with Gasteiger partial charge in [-0.05, 0) is 41.7 Å². The summed E-state index contributed by atoms with van der Waals surface area (Å²) in [5, 5.41) is 3.13. The Bertz CT molecular complexity index is 1300. The standard InChI is InChI=1S/C29H28N4O3/c30-28-31-18-23(19-32-28)22-9-11-24(12-10-22)29(13-15-35-16-14-29)27(34)33-25-7-4-8-26(17-25)36-20-21-5-2-1-3-6-21/h1-12,17-19H,13-16,20H2,(H,33,34)(H2,30,31,32). The lowest BCUT2D eigenvalue weighted by atomic mass is 9.73. The van der Waals surface area contributed by atoms with E-state index in [-0.39, 0.29) is 11.9 Å². The number of carbonyl (C=O) groups excluding carboxylic acids is 1. The number of benzene rings is 3. The Morgan fingerprint density at radius 1 is 0.917 bits per heavy atom. The number of amides is 1. The van der Waals surface area contributed by atoms with Crippen LogP contribution in [0.3, 0.4) is 0 Å². The number of rotatable bonds is 7. The number of aromatic nitrogens is 2. The molecule has 0 bridgehead atoms. The smallest absolute Gasteiger partial charge is 0.235 e. The number of ether oxygens (including phenoxy) is 2. The highest BCUT2D eigenvalue weighted by Gasteiger charge is 2.41. The molecule has 0 aliphatic carbocycles. The van der Waals surface area contributed by atoms with Gasteiger partial charge >= 0.3 is 0 Å². The molecule has 1 aliphatic rings. The van der Waals surface area contributed by atoms with Gasteiger partial charge in [-0.15, -0.1) is 0 Å². The van der Waals surface area contributed by atoms with Crippen molar-refractivity contribution in [2.24, 2.45) is 0 Å². The van der Waals surface area contributed by atoms with Crippen LogP contribution in [0.2, 0.25) is 0 Å². The molecule has 5 rings (SSSR count). The van der Waals surface area contributed by atoms with E-state index in [1.165, 1.54) is 0 Å². The predicted octanol–water partition coefficient (Wildman–Crippen LogP) is 4.99. The third-order valence-electron chi connectivity index (χ3n) is 6.56.